The lowest BCUT2D eigenvalue weighted by Crippen LogP contribution is -2.04. The molecule has 0 unspecified atom stereocenters. The van der Waals surface area contributed by atoms with Gasteiger partial charge in [0.05, 0.1) is 14.7 Å². The lowest BCUT2D eigenvalue weighted by molar-refractivity contribution is 0.595. The van der Waals surface area contributed by atoms with Crippen LogP contribution >= 0.6 is 0 Å². The topological polar surface area (TPSA) is 94.3 Å². The van der Waals surface area contributed by atoms with Gasteiger partial charge in [-0.3, -0.25) is 0 Å². The highest BCUT2D eigenvalue weighted by Crippen LogP contribution is 2.23. The van der Waals surface area contributed by atoms with E-state index in [-0.39, 0.29) is 14.7 Å². The molecule has 0 fully saturated rings. The van der Waals surface area contributed by atoms with Gasteiger partial charge < -0.3 is 5.73 Å². The molecular weight excluding hydrogens is 298 g/mol. The van der Waals surface area contributed by atoms with Crippen molar-refractivity contribution >= 4 is 25.4 Å². The molecule has 20 heavy (non-hydrogen) atoms. The maximum Gasteiger partial charge on any atom is 0.206 e. The molecule has 0 aliphatic carbocycles. The van der Waals surface area contributed by atoms with Crippen molar-refractivity contribution in [3.8, 4) is 0 Å². The summed E-state index contributed by atoms with van der Waals surface area (Å²) in [4.78, 5) is -0.0310. The molecule has 0 heterocycles. The molecule has 0 aliphatic rings. The van der Waals surface area contributed by atoms with E-state index >= 15 is 0 Å². The van der Waals surface area contributed by atoms with Gasteiger partial charge in [-0.2, -0.15) is 0 Å². The highest BCUT2D eigenvalue weighted by Gasteiger charge is 2.19. The van der Waals surface area contributed by atoms with Crippen molar-refractivity contribution in [3.63, 3.8) is 0 Å². The fourth-order valence-corrected chi connectivity index (χ4v) is 3.70. The summed E-state index contributed by atoms with van der Waals surface area (Å²) < 4.78 is 47.7. The van der Waals surface area contributed by atoms with Gasteiger partial charge >= 0.3 is 0 Å². The predicted molar refractivity (Wildman–Crippen MR) is 75.9 cm³/mol. The Morgan fingerprint density at radius 1 is 0.800 bits per heavy atom. The second-order valence-corrected chi connectivity index (χ2v) is 8.28. The van der Waals surface area contributed by atoms with Crippen LogP contribution in [0.4, 0.5) is 5.69 Å². The van der Waals surface area contributed by atoms with E-state index in [4.69, 9.17) is 5.73 Å². The second kappa shape index (κ2) is 4.92. The van der Waals surface area contributed by atoms with Crippen LogP contribution < -0.4 is 5.73 Å². The van der Waals surface area contributed by atoms with E-state index in [1.807, 2.05) is 0 Å². The van der Waals surface area contributed by atoms with E-state index in [0.29, 0.717) is 5.69 Å². The zero-order valence-electron chi connectivity index (χ0n) is 10.6. The van der Waals surface area contributed by atoms with Crippen molar-refractivity contribution in [2.75, 3.05) is 12.0 Å². The molecule has 0 aromatic heterocycles. The van der Waals surface area contributed by atoms with Crippen LogP contribution in [0.2, 0.25) is 0 Å². The molecule has 0 saturated heterocycles. The zero-order valence-corrected chi connectivity index (χ0v) is 12.3. The van der Waals surface area contributed by atoms with Gasteiger partial charge in [-0.15, -0.1) is 0 Å². The van der Waals surface area contributed by atoms with Gasteiger partial charge in [0.2, 0.25) is 9.84 Å². The maximum atomic E-state index is 12.4. The van der Waals surface area contributed by atoms with E-state index in [0.717, 1.165) is 12.3 Å². The van der Waals surface area contributed by atoms with Gasteiger partial charge in [-0.1, -0.05) is 6.07 Å². The SMILES string of the molecule is CS(=O)(=O)c1cccc(S(=O)(=O)c2ccc(N)cc2)c1. The molecule has 7 heteroatoms. The quantitative estimate of drug-likeness (QED) is 0.867. The Labute approximate surface area is 117 Å². The van der Waals surface area contributed by atoms with Gasteiger partial charge in [0.15, 0.2) is 9.84 Å². The van der Waals surface area contributed by atoms with Crippen LogP contribution in [-0.4, -0.2) is 23.1 Å². The number of hydrogen-bond acceptors (Lipinski definition) is 5. The molecule has 0 amide bonds. The van der Waals surface area contributed by atoms with Crippen LogP contribution in [0.1, 0.15) is 0 Å². The fourth-order valence-electron chi connectivity index (χ4n) is 1.66. The van der Waals surface area contributed by atoms with Gasteiger partial charge in [0.25, 0.3) is 0 Å². The number of benzene rings is 2. The minimum Gasteiger partial charge on any atom is -0.399 e. The van der Waals surface area contributed by atoms with E-state index in [1.165, 1.54) is 42.5 Å². The van der Waals surface area contributed by atoms with Crippen LogP contribution in [0.15, 0.2) is 63.2 Å². The first kappa shape index (κ1) is 14.5. The Balaban J connectivity index is 2.58. The molecule has 0 radical (unpaired) electrons. The van der Waals surface area contributed by atoms with E-state index < -0.39 is 19.7 Å². The minimum atomic E-state index is -3.76. The molecular formula is C13H13NO4S2. The molecule has 0 spiro atoms. The van der Waals surface area contributed by atoms with Crippen molar-refractivity contribution in [2.24, 2.45) is 0 Å². The number of rotatable bonds is 3. The van der Waals surface area contributed by atoms with Crippen molar-refractivity contribution in [2.45, 2.75) is 14.7 Å². The maximum absolute atomic E-state index is 12.4. The van der Waals surface area contributed by atoms with Crippen LogP contribution in [0.5, 0.6) is 0 Å². The average Bonchev–Trinajstić information content (AvgIpc) is 2.38. The summed E-state index contributed by atoms with van der Waals surface area (Å²) in [5.41, 5.74) is 5.97. The van der Waals surface area contributed by atoms with Gasteiger partial charge in [-0.05, 0) is 42.5 Å². The molecule has 0 bridgehead atoms. The average molecular weight is 311 g/mol. The van der Waals surface area contributed by atoms with Crippen molar-refractivity contribution in [1.82, 2.24) is 0 Å². The summed E-state index contributed by atoms with van der Waals surface area (Å²) in [7, 11) is -7.22. The first-order chi connectivity index (χ1) is 9.21. The van der Waals surface area contributed by atoms with E-state index in [2.05, 4.69) is 0 Å². The first-order valence-electron chi connectivity index (χ1n) is 5.62. The van der Waals surface area contributed by atoms with Gasteiger partial charge in [0.1, 0.15) is 0 Å². The number of sulfone groups is 2. The third-order valence-electron chi connectivity index (χ3n) is 2.73. The normalized spacial score (nSPS) is 12.2. The Morgan fingerprint density at radius 2 is 1.35 bits per heavy atom. The Morgan fingerprint density at radius 3 is 1.90 bits per heavy atom. The summed E-state index contributed by atoms with van der Waals surface area (Å²) in [6.45, 7) is 0. The number of anilines is 1. The lowest BCUT2D eigenvalue weighted by Gasteiger charge is -2.06. The Kier molecular flexibility index (Phi) is 3.58. The summed E-state index contributed by atoms with van der Waals surface area (Å²) in [6, 6.07) is 11.0. The number of nitrogens with two attached hydrogens (primary N) is 1. The monoisotopic (exact) mass is 311 g/mol. The Bertz CT molecular complexity index is 838. The third-order valence-corrected chi connectivity index (χ3v) is 5.61. The Hall–Kier alpha value is -1.86. The molecule has 2 N–H and O–H groups in total. The molecule has 0 aliphatic heterocycles. The third kappa shape index (κ3) is 2.83. The predicted octanol–water partition coefficient (Wildman–Crippen LogP) is 1.51. The van der Waals surface area contributed by atoms with Gasteiger partial charge in [-0.25, -0.2) is 16.8 Å². The largest absolute Gasteiger partial charge is 0.399 e. The van der Waals surface area contributed by atoms with Crippen molar-refractivity contribution in [3.05, 3.63) is 48.5 Å². The molecule has 2 aromatic rings. The smallest absolute Gasteiger partial charge is 0.206 e. The number of nitrogen functional groups attached to an aromatic ring is 1. The summed E-state index contributed by atoms with van der Waals surface area (Å²) >= 11 is 0. The van der Waals surface area contributed by atoms with Gasteiger partial charge in [0, 0.05) is 11.9 Å². The summed E-state index contributed by atoms with van der Waals surface area (Å²) in [5, 5.41) is 0. The van der Waals surface area contributed by atoms with Crippen LogP contribution in [0.3, 0.4) is 0 Å². The minimum absolute atomic E-state index is 0.0333. The molecule has 2 aromatic carbocycles. The molecule has 0 atom stereocenters. The lowest BCUT2D eigenvalue weighted by atomic mass is 10.3. The summed E-state index contributed by atoms with van der Waals surface area (Å²) in [6.07, 6.45) is 1.03. The van der Waals surface area contributed by atoms with Crippen LogP contribution in [-0.2, 0) is 19.7 Å². The molecule has 106 valence electrons. The van der Waals surface area contributed by atoms with E-state index in [1.54, 1.807) is 0 Å². The first-order valence-corrected chi connectivity index (χ1v) is 8.99. The van der Waals surface area contributed by atoms with E-state index in [9.17, 15) is 16.8 Å². The highest BCUT2D eigenvalue weighted by atomic mass is 32.2. The molecule has 0 saturated carbocycles. The number of hydrogen-bond donors (Lipinski definition) is 1. The molecule has 2 rings (SSSR count). The summed E-state index contributed by atoms with van der Waals surface area (Å²) in [5.74, 6) is 0. The van der Waals surface area contributed by atoms with Crippen molar-refractivity contribution < 1.29 is 16.8 Å². The van der Waals surface area contributed by atoms with Crippen molar-refractivity contribution in [1.29, 1.82) is 0 Å². The van der Waals surface area contributed by atoms with Crippen LogP contribution in [0, 0.1) is 0 Å². The second-order valence-electron chi connectivity index (χ2n) is 4.32. The highest BCUT2D eigenvalue weighted by molar-refractivity contribution is 7.92. The molecule has 5 nitrogen and oxygen atoms in total. The zero-order chi connectivity index (χ0) is 15.0. The fraction of sp³-hybridized carbons (Fsp3) is 0.0769. The standard InChI is InChI=1S/C13H13NO4S2/c1-19(15,16)12-3-2-4-13(9-12)20(17,18)11-7-5-10(14)6-8-11/h2-9H,14H2,1H3. The van der Waals surface area contributed by atoms with Crippen LogP contribution in [0.25, 0.3) is 0 Å².